The van der Waals surface area contributed by atoms with E-state index >= 15 is 0 Å². The number of nitrogens with one attached hydrogen (secondary N) is 1. The number of nitrogens with zero attached hydrogens (tertiary/aromatic N) is 1. The lowest BCUT2D eigenvalue weighted by Gasteiger charge is -2.44. The van der Waals surface area contributed by atoms with E-state index in [1.165, 1.54) is 45.2 Å². The molecular formula is C18H36N2O. The average Bonchev–Trinajstić information content (AvgIpc) is 2.42. The van der Waals surface area contributed by atoms with Crippen LogP contribution in [0.25, 0.3) is 0 Å². The molecule has 0 aromatic rings. The number of hydrogen-bond acceptors (Lipinski definition) is 3. The van der Waals surface area contributed by atoms with Gasteiger partial charge in [-0.05, 0) is 63.5 Å². The van der Waals surface area contributed by atoms with E-state index in [4.69, 9.17) is 4.74 Å². The van der Waals surface area contributed by atoms with Crippen LogP contribution in [0.5, 0.6) is 0 Å². The van der Waals surface area contributed by atoms with Gasteiger partial charge in [-0.1, -0.05) is 20.8 Å². The van der Waals surface area contributed by atoms with Crippen LogP contribution in [0.3, 0.4) is 0 Å². The summed E-state index contributed by atoms with van der Waals surface area (Å²) in [5.41, 5.74) is 0.520. The first-order chi connectivity index (χ1) is 10.0. The fraction of sp³-hybridized carbons (Fsp3) is 1.00. The number of likely N-dealkylation sites (tertiary alicyclic amines) is 1. The van der Waals surface area contributed by atoms with Gasteiger partial charge in [0.1, 0.15) is 0 Å². The average molecular weight is 296 g/mol. The lowest BCUT2D eigenvalue weighted by atomic mass is 9.69. The third-order valence-corrected chi connectivity index (χ3v) is 5.34. The fourth-order valence-electron chi connectivity index (χ4n) is 4.34. The van der Waals surface area contributed by atoms with E-state index in [1.54, 1.807) is 0 Å². The maximum Gasteiger partial charge on any atom is 0.0702 e. The summed E-state index contributed by atoms with van der Waals surface area (Å²) in [5.74, 6) is 0.800. The van der Waals surface area contributed by atoms with Gasteiger partial charge < -0.3 is 15.0 Å². The SMILES string of the molecule is CCNC1CCC(C)(C)CC1CN1CCCC(OCC)C1. The molecule has 0 radical (unpaired) electrons. The quantitative estimate of drug-likeness (QED) is 0.814. The summed E-state index contributed by atoms with van der Waals surface area (Å²) in [5, 5.41) is 3.74. The van der Waals surface area contributed by atoms with E-state index in [-0.39, 0.29) is 0 Å². The Labute approximate surface area is 131 Å². The summed E-state index contributed by atoms with van der Waals surface area (Å²) in [7, 11) is 0. The Kier molecular flexibility index (Phi) is 6.51. The molecule has 2 rings (SSSR count). The van der Waals surface area contributed by atoms with Gasteiger partial charge in [0.15, 0.2) is 0 Å². The largest absolute Gasteiger partial charge is 0.377 e. The Bertz CT molecular complexity index is 304. The zero-order valence-electron chi connectivity index (χ0n) is 14.7. The van der Waals surface area contributed by atoms with E-state index in [0.29, 0.717) is 11.5 Å². The van der Waals surface area contributed by atoms with Crippen molar-refractivity contribution in [2.45, 2.75) is 71.9 Å². The van der Waals surface area contributed by atoms with Crippen LogP contribution in [0.2, 0.25) is 0 Å². The molecule has 2 aliphatic rings. The molecule has 1 aliphatic carbocycles. The van der Waals surface area contributed by atoms with E-state index in [0.717, 1.165) is 31.7 Å². The number of piperidine rings is 1. The van der Waals surface area contributed by atoms with E-state index < -0.39 is 0 Å². The molecule has 3 heteroatoms. The zero-order valence-corrected chi connectivity index (χ0v) is 14.7. The lowest BCUT2D eigenvalue weighted by Crippen LogP contribution is -2.50. The molecule has 0 amide bonds. The van der Waals surface area contributed by atoms with Gasteiger partial charge >= 0.3 is 0 Å². The Morgan fingerprint density at radius 3 is 2.76 bits per heavy atom. The molecule has 2 fully saturated rings. The van der Waals surface area contributed by atoms with Gasteiger partial charge in [0, 0.05) is 25.7 Å². The van der Waals surface area contributed by atoms with Crippen LogP contribution in [0.1, 0.15) is 59.8 Å². The smallest absolute Gasteiger partial charge is 0.0702 e. The molecule has 1 saturated heterocycles. The summed E-state index contributed by atoms with van der Waals surface area (Å²) in [6.07, 6.45) is 7.08. The highest BCUT2D eigenvalue weighted by Gasteiger charge is 2.36. The number of ether oxygens (including phenoxy) is 1. The highest BCUT2D eigenvalue weighted by molar-refractivity contribution is 4.91. The van der Waals surface area contributed by atoms with Crippen LogP contribution in [0.4, 0.5) is 0 Å². The predicted molar refractivity (Wildman–Crippen MR) is 89.7 cm³/mol. The second-order valence-electron chi connectivity index (χ2n) is 7.81. The monoisotopic (exact) mass is 296 g/mol. The number of rotatable bonds is 6. The van der Waals surface area contributed by atoms with E-state index in [9.17, 15) is 0 Å². The standard InChI is InChI=1S/C18H36N2O/c1-5-19-17-9-10-18(3,4)12-15(17)13-20-11-7-8-16(14-20)21-6-2/h15-17,19H,5-14H2,1-4H3. The van der Waals surface area contributed by atoms with Crippen molar-refractivity contribution in [3.05, 3.63) is 0 Å². The van der Waals surface area contributed by atoms with Crippen LogP contribution in [-0.2, 0) is 4.74 Å². The second-order valence-corrected chi connectivity index (χ2v) is 7.81. The summed E-state index contributed by atoms with van der Waals surface area (Å²) < 4.78 is 5.86. The molecule has 3 unspecified atom stereocenters. The van der Waals surface area contributed by atoms with Gasteiger partial charge in [-0.2, -0.15) is 0 Å². The Balaban J connectivity index is 1.90. The molecule has 0 aromatic carbocycles. The molecule has 3 atom stereocenters. The van der Waals surface area contributed by atoms with Crippen LogP contribution < -0.4 is 5.32 Å². The Morgan fingerprint density at radius 2 is 2.05 bits per heavy atom. The highest BCUT2D eigenvalue weighted by Crippen LogP contribution is 2.39. The van der Waals surface area contributed by atoms with Crippen molar-refractivity contribution in [1.82, 2.24) is 10.2 Å². The van der Waals surface area contributed by atoms with Crippen molar-refractivity contribution in [2.24, 2.45) is 11.3 Å². The first kappa shape index (κ1) is 17.2. The fourth-order valence-corrected chi connectivity index (χ4v) is 4.34. The summed E-state index contributed by atoms with van der Waals surface area (Å²) in [6, 6.07) is 0.718. The Morgan fingerprint density at radius 1 is 1.24 bits per heavy atom. The third-order valence-electron chi connectivity index (χ3n) is 5.34. The maximum atomic E-state index is 5.86. The summed E-state index contributed by atoms with van der Waals surface area (Å²) in [6.45, 7) is 14.9. The second kappa shape index (κ2) is 7.94. The van der Waals surface area contributed by atoms with E-state index in [2.05, 4.69) is 37.9 Å². The van der Waals surface area contributed by atoms with Crippen molar-refractivity contribution in [1.29, 1.82) is 0 Å². The van der Waals surface area contributed by atoms with Gasteiger partial charge in [-0.25, -0.2) is 0 Å². The molecule has 1 heterocycles. The maximum absolute atomic E-state index is 5.86. The van der Waals surface area contributed by atoms with Crippen LogP contribution >= 0.6 is 0 Å². The molecule has 1 N–H and O–H groups in total. The molecule has 0 bridgehead atoms. The topological polar surface area (TPSA) is 24.5 Å². The molecule has 21 heavy (non-hydrogen) atoms. The molecule has 0 spiro atoms. The van der Waals surface area contributed by atoms with Crippen LogP contribution in [0, 0.1) is 11.3 Å². The van der Waals surface area contributed by atoms with Crippen molar-refractivity contribution in [2.75, 3.05) is 32.8 Å². The van der Waals surface area contributed by atoms with E-state index in [1.807, 2.05) is 0 Å². The molecule has 0 aromatic heterocycles. The molecule has 3 nitrogen and oxygen atoms in total. The van der Waals surface area contributed by atoms with Gasteiger partial charge in [-0.3, -0.25) is 0 Å². The molecule has 124 valence electrons. The van der Waals surface area contributed by atoms with Gasteiger partial charge in [0.2, 0.25) is 0 Å². The lowest BCUT2D eigenvalue weighted by molar-refractivity contribution is -0.00572. The normalized spacial score (nSPS) is 34.0. The minimum atomic E-state index is 0.470. The van der Waals surface area contributed by atoms with Gasteiger partial charge in [-0.15, -0.1) is 0 Å². The minimum Gasteiger partial charge on any atom is -0.377 e. The predicted octanol–water partition coefficient (Wildman–Crippen LogP) is 3.29. The van der Waals surface area contributed by atoms with Crippen molar-refractivity contribution >= 4 is 0 Å². The Hall–Kier alpha value is -0.120. The molecule has 1 aliphatic heterocycles. The van der Waals surface area contributed by atoms with Gasteiger partial charge in [0.05, 0.1) is 6.10 Å². The van der Waals surface area contributed by atoms with Crippen LogP contribution in [-0.4, -0.2) is 49.8 Å². The van der Waals surface area contributed by atoms with Crippen molar-refractivity contribution in [3.8, 4) is 0 Å². The summed E-state index contributed by atoms with van der Waals surface area (Å²) >= 11 is 0. The van der Waals surface area contributed by atoms with Crippen molar-refractivity contribution in [3.63, 3.8) is 0 Å². The highest BCUT2D eigenvalue weighted by atomic mass is 16.5. The summed E-state index contributed by atoms with van der Waals surface area (Å²) in [4.78, 5) is 2.67. The van der Waals surface area contributed by atoms with Crippen molar-refractivity contribution < 1.29 is 4.74 Å². The zero-order chi connectivity index (χ0) is 15.3. The minimum absolute atomic E-state index is 0.470. The molecule has 1 saturated carbocycles. The first-order valence-electron chi connectivity index (χ1n) is 9.11. The van der Waals surface area contributed by atoms with Crippen LogP contribution in [0.15, 0.2) is 0 Å². The first-order valence-corrected chi connectivity index (χ1v) is 9.11. The molecular weight excluding hydrogens is 260 g/mol. The number of hydrogen-bond donors (Lipinski definition) is 1. The third kappa shape index (κ3) is 5.22. The van der Waals surface area contributed by atoms with Gasteiger partial charge in [0.25, 0.3) is 0 Å².